The van der Waals surface area contributed by atoms with Crippen LogP contribution in [0.5, 0.6) is 0 Å². The molecular formula is C46H48IrN2SSi-2. The number of thiophene rings is 1. The van der Waals surface area contributed by atoms with E-state index in [-0.39, 0.29) is 20.1 Å². The summed E-state index contributed by atoms with van der Waals surface area (Å²) < 4.78 is 11.0. The van der Waals surface area contributed by atoms with Gasteiger partial charge in [0, 0.05) is 38.6 Å². The molecule has 263 valence electrons. The Morgan fingerprint density at radius 3 is 2.16 bits per heavy atom. The summed E-state index contributed by atoms with van der Waals surface area (Å²) in [5.74, 6) is -0.140. The number of aromatic nitrogens is 2. The average Bonchev–Trinajstić information content (AvgIpc) is 3.48. The van der Waals surface area contributed by atoms with Crippen molar-refractivity contribution in [2.75, 3.05) is 0 Å². The van der Waals surface area contributed by atoms with E-state index in [0.717, 1.165) is 28.1 Å². The number of rotatable bonds is 6. The summed E-state index contributed by atoms with van der Waals surface area (Å²) >= 11 is 1.85. The normalized spacial score (nSPS) is 12.0. The SMILES string of the molecule is Cc1cc(C)c(-c2c[c-]c(-c3cc(C(C)C)ccn3)c3sc4ccccc4c23)c(C)c1.[2H]C(C)(C)c1cc(-c2[c-]cccc2)ncc1[Si](C)(C)C.[Ir]. The number of nitrogens with zero attached hydrogens (tertiary/aromatic N) is 2. The molecule has 0 amide bonds. The van der Waals surface area contributed by atoms with Crippen molar-refractivity contribution in [1.82, 2.24) is 9.97 Å². The molecule has 0 aliphatic rings. The Balaban J connectivity index is 0.000000217. The van der Waals surface area contributed by atoms with Crippen molar-refractivity contribution in [3.8, 4) is 33.6 Å². The fourth-order valence-electron chi connectivity index (χ4n) is 6.87. The summed E-state index contributed by atoms with van der Waals surface area (Å²) in [6.07, 6.45) is 3.91. The molecule has 0 aliphatic carbocycles. The fraction of sp³-hybridized carbons (Fsp3) is 0.261. The van der Waals surface area contributed by atoms with E-state index in [1.807, 2.05) is 61.8 Å². The van der Waals surface area contributed by atoms with Crippen LogP contribution in [0.25, 0.3) is 53.8 Å². The van der Waals surface area contributed by atoms with Gasteiger partial charge in [-0.1, -0.05) is 134 Å². The van der Waals surface area contributed by atoms with Crippen LogP contribution in [0.15, 0.2) is 97.3 Å². The third-order valence-corrected chi connectivity index (χ3v) is 12.5. The summed E-state index contributed by atoms with van der Waals surface area (Å²) in [7, 11) is -1.50. The smallest absolute Gasteiger partial charge is 0.0799 e. The Bertz CT molecular complexity index is 2330. The first-order valence-electron chi connectivity index (χ1n) is 18.0. The minimum absolute atomic E-state index is 0. The monoisotopic (exact) mass is 882 g/mol. The van der Waals surface area contributed by atoms with Crippen molar-refractivity contribution in [2.45, 2.75) is 79.9 Å². The summed E-state index contributed by atoms with van der Waals surface area (Å²) in [5.41, 5.74) is 12.9. The van der Waals surface area contributed by atoms with Crippen LogP contribution in [-0.2, 0) is 20.1 Å². The molecule has 0 N–H and O–H groups in total. The van der Waals surface area contributed by atoms with Gasteiger partial charge in [0.25, 0.3) is 0 Å². The average molecular weight is 882 g/mol. The van der Waals surface area contributed by atoms with E-state index in [0.29, 0.717) is 5.92 Å². The van der Waals surface area contributed by atoms with Crippen LogP contribution in [0.2, 0.25) is 19.6 Å². The Morgan fingerprint density at radius 2 is 1.51 bits per heavy atom. The summed E-state index contributed by atoms with van der Waals surface area (Å²) in [4.78, 5) is 9.35. The van der Waals surface area contributed by atoms with E-state index < -0.39 is 14.0 Å². The van der Waals surface area contributed by atoms with Crippen LogP contribution in [0.3, 0.4) is 0 Å². The molecule has 0 saturated heterocycles. The second-order valence-electron chi connectivity index (χ2n) is 14.9. The van der Waals surface area contributed by atoms with Crippen LogP contribution in [-0.4, -0.2) is 18.0 Å². The number of fused-ring (bicyclic) bond motifs is 3. The summed E-state index contributed by atoms with van der Waals surface area (Å²) in [6, 6.07) is 36.6. The number of hydrogen-bond acceptors (Lipinski definition) is 3. The van der Waals surface area contributed by atoms with Gasteiger partial charge in [-0.15, -0.1) is 53.6 Å². The minimum Gasteiger partial charge on any atom is -0.305 e. The minimum atomic E-state index is -1.50. The van der Waals surface area contributed by atoms with Gasteiger partial charge in [0.05, 0.1) is 8.07 Å². The second kappa shape index (κ2) is 15.9. The molecule has 1 radical (unpaired) electrons. The van der Waals surface area contributed by atoms with Crippen molar-refractivity contribution < 1.29 is 21.5 Å². The number of pyridine rings is 2. The third-order valence-electron chi connectivity index (χ3n) is 9.34. The van der Waals surface area contributed by atoms with Crippen LogP contribution < -0.4 is 5.19 Å². The molecule has 0 fully saturated rings. The molecule has 0 spiro atoms. The quantitative estimate of drug-likeness (QED) is 0.123. The van der Waals surface area contributed by atoms with Gasteiger partial charge in [0.15, 0.2) is 0 Å². The first kappa shape index (κ1) is 37.0. The van der Waals surface area contributed by atoms with Gasteiger partial charge in [-0.25, -0.2) is 0 Å². The standard InChI is InChI=1S/C29H26NS.C17H22NSi.Ir/c1-17(2)21-12-13-30-25(16-21)22-10-11-24(27-19(4)14-18(3)15-20(27)5)28-23-8-6-7-9-26(23)31-29(22)28;1-13(2)15-11-16(14-9-7-6-8-10-14)18-12-17(15)19(3,4)5;/h6-9,11-17H,1-5H3;6-9,11-13H,1-5H3;/q2*-1;/i;13D;. The van der Waals surface area contributed by atoms with Crippen LogP contribution in [0, 0.1) is 32.9 Å². The van der Waals surface area contributed by atoms with Gasteiger partial charge >= 0.3 is 0 Å². The summed E-state index contributed by atoms with van der Waals surface area (Å²) in [6.45, 7) is 21.9. The van der Waals surface area contributed by atoms with Gasteiger partial charge in [0.1, 0.15) is 0 Å². The fourth-order valence-corrected chi connectivity index (χ4v) is 9.69. The molecule has 0 aliphatic heterocycles. The Hall–Kier alpha value is -3.73. The maximum absolute atomic E-state index is 8.44. The van der Waals surface area contributed by atoms with Crippen LogP contribution in [0.1, 0.15) is 68.7 Å². The van der Waals surface area contributed by atoms with Crippen molar-refractivity contribution in [2.24, 2.45) is 0 Å². The van der Waals surface area contributed by atoms with E-state index in [9.17, 15) is 0 Å². The third kappa shape index (κ3) is 8.18. The van der Waals surface area contributed by atoms with Gasteiger partial charge in [0.2, 0.25) is 0 Å². The second-order valence-corrected chi connectivity index (χ2v) is 21.0. The molecule has 3 aromatic heterocycles. The van der Waals surface area contributed by atoms with E-state index in [2.05, 4.69) is 132 Å². The molecule has 7 rings (SSSR count). The Morgan fingerprint density at radius 1 is 0.804 bits per heavy atom. The molecule has 2 nitrogen and oxygen atoms in total. The molecule has 51 heavy (non-hydrogen) atoms. The van der Waals surface area contributed by atoms with E-state index in [1.165, 1.54) is 58.7 Å². The maximum Gasteiger partial charge on any atom is 0.0799 e. The zero-order chi connectivity index (χ0) is 36.7. The number of aryl methyl sites for hydroxylation is 3. The first-order chi connectivity index (χ1) is 24.1. The van der Waals surface area contributed by atoms with Crippen molar-refractivity contribution >= 4 is 44.8 Å². The number of benzene rings is 4. The topological polar surface area (TPSA) is 25.8 Å². The molecular weight excluding hydrogens is 833 g/mol. The van der Waals surface area contributed by atoms with Gasteiger partial charge in [-0.3, -0.25) is 0 Å². The zero-order valence-electron chi connectivity index (χ0n) is 32.5. The van der Waals surface area contributed by atoms with Crippen molar-refractivity contribution in [3.05, 3.63) is 137 Å². The van der Waals surface area contributed by atoms with Crippen molar-refractivity contribution in [3.63, 3.8) is 0 Å². The molecule has 0 unspecified atom stereocenters. The molecule has 4 aromatic carbocycles. The maximum atomic E-state index is 8.44. The van der Waals surface area contributed by atoms with Gasteiger partial charge in [-0.05, 0) is 71.4 Å². The number of hydrogen-bond donors (Lipinski definition) is 0. The first-order valence-corrected chi connectivity index (χ1v) is 21.8. The Kier molecular flexibility index (Phi) is 11.5. The van der Waals surface area contributed by atoms with E-state index in [4.69, 9.17) is 6.35 Å². The largest absolute Gasteiger partial charge is 0.305 e. The van der Waals surface area contributed by atoms with Crippen molar-refractivity contribution in [1.29, 1.82) is 0 Å². The van der Waals surface area contributed by atoms with Gasteiger partial charge in [-0.2, -0.15) is 11.3 Å². The molecule has 0 bridgehead atoms. The zero-order valence-corrected chi connectivity index (χ0v) is 35.7. The summed E-state index contributed by atoms with van der Waals surface area (Å²) in [5, 5.41) is 3.91. The molecule has 3 heterocycles. The van der Waals surface area contributed by atoms with E-state index >= 15 is 0 Å². The predicted octanol–water partition coefficient (Wildman–Crippen LogP) is 12.8. The molecule has 0 atom stereocenters. The van der Waals surface area contributed by atoms with E-state index in [1.54, 1.807) is 0 Å². The Labute approximate surface area is 325 Å². The molecule has 5 heteroatoms. The van der Waals surface area contributed by atoms with Crippen LogP contribution in [0.4, 0.5) is 0 Å². The predicted molar refractivity (Wildman–Crippen MR) is 221 cm³/mol. The molecule has 0 saturated carbocycles. The van der Waals surface area contributed by atoms with Gasteiger partial charge < -0.3 is 9.97 Å². The molecule has 7 aromatic rings. The van der Waals surface area contributed by atoms with Crippen LogP contribution >= 0.6 is 11.3 Å².